The maximum atomic E-state index is 6.08. The lowest BCUT2D eigenvalue weighted by Gasteiger charge is -2.27. The van der Waals surface area contributed by atoms with Crippen molar-refractivity contribution in [1.29, 1.82) is 0 Å². The minimum atomic E-state index is -0.298. The van der Waals surface area contributed by atoms with Gasteiger partial charge in [0.2, 0.25) is 6.29 Å². The van der Waals surface area contributed by atoms with E-state index in [2.05, 4.69) is 0 Å². The second-order valence-corrected chi connectivity index (χ2v) is 3.89. The van der Waals surface area contributed by atoms with Crippen molar-refractivity contribution in [3.63, 3.8) is 0 Å². The molecule has 1 aromatic carbocycles. The van der Waals surface area contributed by atoms with Crippen LogP contribution in [-0.2, 0) is 4.74 Å². The van der Waals surface area contributed by atoms with Crippen LogP contribution in [0.4, 0.5) is 0 Å². The zero-order chi connectivity index (χ0) is 9.80. The largest absolute Gasteiger partial charge is 0.463 e. The number of hydrogen-bond donors (Lipinski definition) is 0. The average Bonchev–Trinajstić information content (AvgIpc) is 2.23. The molecule has 0 radical (unpaired) electrons. The molecule has 0 amide bonds. The molecule has 1 aromatic rings. The molecular formula is C11H13ClO2. The number of hydrogen-bond acceptors (Lipinski definition) is 2. The van der Waals surface area contributed by atoms with Gasteiger partial charge < -0.3 is 9.47 Å². The first kappa shape index (κ1) is 9.81. The Balaban J connectivity index is 1.96. The lowest BCUT2D eigenvalue weighted by Crippen LogP contribution is -2.35. The third kappa shape index (κ3) is 2.40. The normalized spacial score (nSPS) is 27.2. The van der Waals surface area contributed by atoms with Gasteiger partial charge in [-0.3, -0.25) is 0 Å². The van der Waals surface area contributed by atoms with E-state index < -0.39 is 0 Å². The topological polar surface area (TPSA) is 18.5 Å². The quantitative estimate of drug-likeness (QED) is 0.702. The summed E-state index contributed by atoms with van der Waals surface area (Å²) in [5.41, 5.74) is 0. The molecule has 1 heterocycles. The fourth-order valence-electron chi connectivity index (χ4n) is 1.46. The summed E-state index contributed by atoms with van der Waals surface area (Å²) in [5.74, 6) is 0.810. The molecule has 0 spiro atoms. The van der Waals surface area contributed by atoms with E-state index in [0.717, 1.165) is 25.2 Å². The van der Waals surface area contributed by atoms with Gasteiger partial charge in [-0.15, -0.1) is 11.6 Å². The third-order valence-electron chi connectivity index (χ3n) is 2.20. The number of benzene rings is 1. The highest BCUT2D eigenvalue weighted by Crippen LogP contribution is 2.22. The number of alkyl halides is 1. The molecule has 1 fully saturated rings. The van der Waals surface area contributed by atoms with Gasteiger partial charge >= 0.3 is 0 Å². The molecule has 0 N–H and O–H groups in total. The predicted molar refractivity (Wildman–Crippen MR) is 55.7 cm³/mol. The Kier molecular flexibility index (Phi) is 3.27. The number of halogens is 1. The summed E-state index contributed by atoms with van der Waals surface area (Å²) in [7, 11) is 0. The Morgan fingerprint density at radius 3 is 2.79 bits per heavy atom. The zero-order valence-electron chi connectivity index (χ0n) is 7.86. The summed E-state index contributed by atoms with van der Waals surface area (Å²) in [6, 6.07) is 9.62. The molecule has 2 atom stereocenters. The zero-order valence-corrected chi connectivity index (χ0v) is 8.61. The summed E-state index contributed by atoms with van der Waals surface area (Å²) < 4.78 is 11.1. The van der Waals surface area contributed by atoms with Gasteiger partial charge in [0.05, 0.1) is 12.0 Å². The van der Waals surface area contributed by atoms with Gasteiger partial charge in [0, 0.05) is 0 Å². The van der Waals surface area contributed by atoms with Crippen LogP contribution in [0.15, 0.2) is 30.3 Å². The van der Waals surface area contributed by atoms with E-state index in [4.69, 9.17) is 21.1 Å². The predicted octanol–water partition coefficient (Wildman–Crippen LogP) is 2.81. The molecule has 0 aromatic heterocycles. The number of para-hydroxylation sites is 1. The summed E-state index contributed by atoms with van der Waals surface area (Å²) in [6.45, 7) is 0.737. The fourth-order valence-corrected chi connectivity index (χ4v) is 1.74. The van der Waals surface area contributed by atoms with Crippen molar-refractivity contribution in [3.8, 4) is 5.75 Å². The molecule has 0 bridgehead atoms. The van der Waals surface area contributed by atoms with Crippen LogP contribution in [0.1, 0.15) is 12.8 Å². The molecular weight excluding hydrogens is 200 g/mol. The lowest BCUT2D eigenvalue weighted by atomic mass is 10.2. The van der Waals surface area contributed by atoms with Crippen LogP contribution in [-0.4, -0.2) is 18.3 Å². The second kappa shape index (κ2) is 4.67. The van der Waals surface area contributed by atoms with E-state index in [0.29, 0.717) is 0 Å². The summed E-state index contributed by atoms with van der Waals surface area (Å²) in [6.07, 6.45) is 1.68. The highest BCUT2D eigenvalue weighted by atomic mass is 35.5. The van der Waals surface area contributed by atoms with E-state index in [1.807, 2.05) is 30.3 Å². The minimum Gasteiger partial charge on any atom is -0.463 e. The molecule has 1 aliphatic heterocycles. The minimum absolute atomic E-state index is 0.0380. The fraction of sp³-hybridized carbons (Fsp3) is 0.455. The average molecular weight is 213 g/mol. The molecule has 0 saturated carbocycles. The maximum Gasteiger partial charge on any atom is 0.216 e. The molecule has 2 rings (SSSR count). The molecule has 0 aliphatic carbocycles. The Bertz CT molecular complexity index is 276. The summed E-state index contributed by atoms with van der Waals surface area (Å²) in [5, 5.41) is -0.0380. The first-order valence-electron chi connectivity index (χ1n) is 4.83. The van der Waals surface area contributed by atoms with Crippen molar-refractivity contribution >= 4 is 11.6 Å². The van der Waals surface area contributed by atoms with Gasteiger partial charge in [0.1, 0.15) is 5.75 Å². The van der Waals surface area contributed by atoms with E-state index in [9.17, 15) is 0 Å². The Morgan fingerprint density at radius 2 is 2.07 bits per heavy atom. The molecule has 3 heteroatoms. The summed E-state index contributed by atoms with van der Waals surface area (Å²) in [4.78, 5) is 0. The van der Waals surface area contributed by atoms with Crippen molar-refractivity contribution in [3.05, 3.63) is 30.3 Å². The molecule has 1 saturated heterocycles. The Labute approximate surface area is 88.8 Å². The smallest absolute Gasteiger partial charge is 0.216 e. The van der Waals surface area contributed by atoms with Crippen molar-refractivity contribution in [2.24, 2.45) is 0 Å². The van der Waals surface area contributed by atoms with Crippen LogP contribution in [0.3, 0.4) is 0 Å². The van der Waals surface area contributed by atoms with Crippen LogP contribution in [0.2, 0.25) is 0 Å². The Hall–Kier alpha value is -0.730. The maximum absolute atomic E-state index is 6.08. The van der Waals surface area contributed by atoms with Crippen molar-refractivity contribution in [2.45, 2.75) is 24.5 Å². The molecule has 0 unspecified atom stereocenters. The van der Waals surface area contributed by atoms with E-state index >= 15 is 0 Å². The van der Waals surface area contributed by atoms with Gasteiger partial charge in [-0.1, -0.05) is 18.2 Å². The van der Waals surface area contributed by atoms with Gasteiger partial charge in [0.25, 0.3) is 0 Å². The van der Waals surface area contributed by atoms with E-state index in [1.54, 1.807) is 0 Å². The lowest BCUT2D eigenvalue weighted by molar-refractivity contribution is -0.102. The van der Waals surface area contributed by atoms with Gasteiger partial charge in [0.15, 0.2) is 0 Å². The van der Waals surface area contributed by atoms with Gasteiger partial charge in [-0.25, -0.2) is 0 Å². The van der Waals surface area contributed by atoms with Crippen LogP contribution in [0, 0.1) is 0 Å². The summed E-state index contributed by atoms with van der Waals surface area (Å²) >= 11 is 6.08. The molecule has 14 heavy (non-hydrogen) atoms. The van der Waals surface area contributed by atoms with E-state index in [-0.39, 0.29) is 11.7 Å². The van der Waals surface area contributed by atoms with Crippen LogP contribution in [0.5, 0.6) is 5.75 Å². The molecule has 76 valence electrons. The first-order chi connectivity index (χ1) is 6.86. The Morgan fingerprint density at radius 1 is 1.29 bits per heavy atom. The highest BCUT2D eigenvalue weighted by Gasteiger charge is 2.25. The van der Waals surface area contributed by atoms with Crippen LogP contribution < -0.4 is 4.74 Å². The first-order valence-corrected chi connectivity index (χ1v) is 5.27. The third-order valence-corrected chi connectivity index (χ3v) is 2.62. The number of ether oxygens (including phenoxy) is 2. The van der Waals surface area contributed by atoms with Crippen LogP contribution >= 0.6 is 11.6 Å². The standard InChI is InChI=1S/C11H13ClO2/c12-10-7-4-8-13-11(10)14-9-5-2-1-3-6-9/h1-3,5-6,10-11H,4,7-8H2/t10-,11+/m0/s1. The monoisotopic (exact) mass is 212 g/mol. The number of rotatable bonds is 2. The van der Waals surface area contributed by atoms with Gasteiger partial charge in [-0.2, -0.15) is 0 Å². The van der Waals surface area contributed by atoms with Gasteiger partial charge in [-0.05, 0) is 25.0 Å². The van der Waals surface area contributed by atoms with Crippen molar-refractivity contribution < 1.29 is 9.47 Å². The SMILES string of the molecule is Cl[C@H]1CCCO[C@@H]1Oc1ccccc1. The van der Waals surface area contributed by atoms with Crippen molar-refractivity contribution in [1.82, 2.24) is 0 Å². The van der Waals surface area contributed by atoms with Crippen molar-refractivity contribution in [2.75, 3.05) is 6.61 Å². The highest BCUT2D eigenvalue weighted by molar-refractivity contribution is 6.20. The second-order valence-electron chi connectivity index (χ2n) is 3.33. The molecule has 1 aliphatic rings. The van der Waals surface area contributed by atoms with Crippen LogP contribution in [0.25, 0.3) is 0 Å². The van der Waals surface area contributed by atoms with E-state index in [1.165, 1.54) is 0 Å². The molecule has 2 nitrogen and oxygen atoms in total.